The van der Waals surface area contributed by atoms with Crippen molar-refractivity contribution >= 4 is 33.2 Å². The van der Waals surface area contributed by atoms with Gasteiger partial charge in [0.2, 0.25) is 10.0 Å². The maximum atomic E-state index is 12.9. The number of morpholine rings is 1. The van der Waals surface area contributed by atoms with Crippen molar-refractivity contribution in [1.82, 2.24) is 4.31 Å². The van der Waals surface area contributed by atoms with Crippen LogP contribution in [0.5, 0.6) is 0 Å². The summed E-state index contributed by atoms with van der Waals surface area (Å²) in [6.45, 7) is -0.638. The Morgan fingerprint density at radius 1 is 1.12 bits per heavy atom. The number of nitrogens with one attached hydrogen (secondary N) is 1. The van der Waals surface area contributed by atoms with Crippen LogP contribution in [0.3, 0.4) is 0 Å². The molecule has 0 spiro atoms. The van der Waals surface area contributed by atoms with Gasteiger partial charge < -0.3 is 14.8 Å². The smallest absolute Gasteiger partial charge is 0.379 e. The van der Waals surface area contributed by atoms with E-state index in [-0.39, 0.29) is 54.1 Å². The monoisotopic (exact) mass is 492 g/mol. The van der Waals surface area contributed by atoms with Crippen molar-refractivity contribution in [3.63, 3.8) is 0 Å². The second kappa shape index (κ2) is 10.2. The van der Waals surface area contributed by atoms with Gasteiger partial charge in [0.25, 0.3) is 5.91 Å². The number of hydrogen-bond donors (Lipinski definition) is 1. The summed E-state index contributed by atoms with van der Waals surface area (Å²) in [6, 6.07) is 9.95. The van der Waals surface area contributed by atoms with Crippen LogP contribution in [0.25, 0.3) is 0 Å². The van der Waals surface area contributed by atoms with Crippen LogP contribution >= 0.6 is 11.6 Å². The third kappa shape index (κ3) is 6.42. The highest BCUT2D eigenvalue weighted by atomic mass is 35.5. The van der Waals surface area contributed by atoms with E-state index < -0.39 is 28.7 Å². The van der Waals surface area contributed by atoms with E-state index in [4.69, 9.17) is 16.3 Å². The molecule has 1 heterocycles. The molecule has 2 aromatic rings. The van der Waals surface area contributed by atoms with Crippen molar-refractivity contribution < 1.29 is 35.9 Å². The molecule has 0 aliphatic carbocycles. The molecule has 1 saturated heterocycles. The number of ether oxygens (including phenoxy) is 2. The summed E-state index contributed by atoms with van der Waals surface area (Å²) in [7, 11) is -3.86. The van der Waals surface area contributed by atoms with E-state index in [2.05, 4.69) is 10.1 Å². The van der Waals surface area contributed by atoms with Gasteiger partial charge in [-0.1, -0.05) is 23.7 Å². The lowest BCUT2D eigenvalue weighted by molar-refractivity contribution is -0.176. The molecule has 12 heteroatoms. The van der Waals surface area contributed by atoms with Crippen LogP contribution in [0.1, 0.15) is 15.9 Å². The van der Waals surface area contributed by atoms with Crippen molar-refractivity contribution in [1.29, 1.82) is 0 Å². The fraction of sp³-hybridized carbons (Fsp3) is 0.350. The molecule has 7 nitrogen and oxygen atoms in total. The van der Waals surface area contributed by atoms with Gasteiger partial charge in [-0.05, 0) is 35.9 Å². The van der Waals surface area contributed by atoms with Crippen LogP contribution in [0, 0.1) is 0 Å². The third-order valence-electron chi connectivity index (χ3n) is 4.53. The van der Waals surface area contributed by atoms with E-state index in [9.17, 15) is 26.4 Å². The minimum Gasteiger partial charge on any atom is -0.379 e. The Labute approximate surface area is 188 Å². The van der Waals surface area contributed by atoms with Gasteiger partial charge in [0, 0.05) is 24.3 Å². The first-order chi connectivity index (χ1) is 15.1. The first-order valence-electron chi connectivity index (χ1n) is 9.48. The number of alkyl halides is 3. The molecule has 1 N–H and O–H groups in total. The van der Waals surface area contributed by atoms with E-state index in [0.717, 1.165) is 0 Å². The number of carbonyl (C=O) groups is 1. The molecule has 3 rings (SSSR count). The molecule has 2 aromatic carbocycles. The molecule has 1 aliphatic heterocycles. The zero-order valence-corrected chi connectivity index (χ0v) is 18.3. The second-order valence-corrected chi connectivity index (χ2v) is 9.23. The van der Waals surface area contributed by atoms with Crippen LogP contribution < -0.4 is 5.32 Å². The molecule has 1 fully saturated rings. The largest absolute Gasteiger partial charge is 0.411 e. The number of benzene rings is 2. The molecule has 0 saturated carbocycles. The van der Waals surface area contributed by atoms with Crippen molar-refractivity contribution in [3.05, 3.63) is 58.6 Å². The first kappa shape index (κ1) is 24.5. The van der Waals surface area contributed by atoms with E-state index in [1.165, 1.54) is 46.8 Å². The molecule has 0 radical (unpaired) electrons. The standard InChI is InChI=1S/C20H20ClF3N2O5S/c21-17-6-5-16(11-18(17)32(28,29)26-7-9-30-10-8-26)25-19(27)15-3-1-14(2-4-15)12-31-13-20(22,23)24/h1-6,11H,7-10,12-13H2,(H,25,27). The minimum atomic E-state index is -4.41. The predicted molar refractivity (Wildman–Crippen MR) is 111 cm³/mol. The average molecular weight is 493 g/mol. The van der Waals surface area contributed by atoms with Crippen molar-refractivity contribution in [2.75, 3.05) is 38.2 Å². The molecule has 0 aromatic heterocycles. The van der Waals surface area contributed by atoms with Gasteiger partial charge in [-0.15, -0.1) is 0 Å². The van der Waals surface area contributed by atoms with Crippen LogP contribution in [0.2, 0.25) is 5.02 Å². The highest BCUT2D eigenvalue weighted by molar-refractivity contribution is 7.89. The number of halogens is 4. The normalized spacial score (nSPS) is 15.5. The third-order valence-corrected chi connectivity index (χ3v) is 6.91. The van der Waals surface area contributed by atoms with Crippen LogP contribution in [0.15, 0.2) is 47.4 Å². The number of amides is 1. The molecule has 1 amide bonds. The lowest BCUT2D eigenvalue weighted by Crippen LogP contribution is -2.40. The van der Waals surface area contributed by atoms with Gasteiger partial charge in [0.05, 0.1) is 24.8 Å². The van der Waals surface area contributed by atoms with Gasteiger partial charge >= 0.3 is 6.18 Å². The summed E-state index contributed by atoms with van der Waals surface area (Å²) < 4.78 is 73.2. The van der Waals surface area contributed by atoms with Crippen molar-refractivity contribution in [2.24, 2.45) is 0 Å². The molecule has 32 heavy (non-hydrogen) atoms. The average Bonchev–Trinajstić information content (AvgIpc) is 2.75. The Morgan fingerprint density at radius 3 is 2.41 bits per heavy atom. The van der Waals surface area contributed by atoms with Gasteiger partial charge in [0.1, 0.15) is 11.5 Å². The molecular weight excluding hydrogens is 473 g/mol. The molecule has 0 bridgehead atoms. The van der Waals surface area contributed by atoms with Gasteiger partial charge in [-0.25, -0.2) is 8.42 Å². The van der Waals surface area contributed by atoms with Crippen LogP contribution in [-0.2, 0) is 26.1 Å². The number of sulfonamides is 1. The molecular formula is C20H20ClF3N2O5S. The second-order valence-electron chi connectivity index (χ2n) is 6.92. The number of rotatable bonds is 7. The highest BCUT2D eigenvalue weighted by Crippen LogP contribution is 2.28. The Hall–Kier alpha value is -2.18. The van der Waals surface area contributed by atoms with E-state index in [1.54, 1.807) is 0 Å². The van der Waals surface area contributed by atoms with Gasteiger partial charge in [-0.2, -0.15) is 17.5 Å². The maximum absolute atomic E-state index is 12.9. The summed E-state index contributed by atoms with van der Waals surface area (Å²) in [6.07, 6.45) is -4.41. The summed E-state index contributed by atoms with van der Waals surface area (Å²) >= 11 is 6.11. The number of hydrogen-bond acceptors (Lipinski definition) is 5. The van der Waals surface area contributed by atoms with E-state index in [0.29, 0.717) is 5.56 Å². The van der Waals surface area contributed by atoms with Gasteiger partial charge in [0.15, 0.2) is 0 Å². The lowest BCUT2D eigenvalue weighted by Gasteiger charge is -2.26. The zero-order valence-electron chi connectivity index (χ0n) is 16.7. The Balaban J connectivity index is 1.68. The zero-order chi connectivity index (χ0) is 23.4. The summed E-state index contributed by atoms with van der Waals surface area (Å²) in [5.41, 5.74) is 0.928. The molecule has 174 valence electrons. The number of carbonyl (C=O) groups excluding carboxylic acids is 1. The Morgan fingerprint density at radius 2 is 1.78 bits per heavy atom. The van der Waals surface area contributed by atoms with Crippen molar-refractivity contribution in [2.45, 2.75) is 17.7 Å². The fourth-order valence-corrected chi connectivity index (χ4v) is 4.85. The summed E-state index contributed by atoms with van der Waals surface area (Å²) in [5.74, 6) is -0.523. The number of anilines is 1. The lowest BCUT2D eigenvalue weighted by atomic mass is 10.1. The Kier molecular flexibility index (Phi) is 7.78. The van der Waals surface area contributed by atoms with Crippen LogP contribution in [0.4, 0.5) is 18.9 Å². The topological polar surface area (TPSA) is 84.9 Å². The molecule has 1 aliphatic rings. The minimum absolute atomic E-state index is 0.0256. The van der Waals surface area contributed by atoms with Crippen LogP contribution in [-0.4, -0.2) is 57.7 Å². The first-order valence-corrected chi connectivity index (χ1v) is 11.3. The Bertz CT molecular complexity index is 1060. The van der Waals surface area contributed by atoms with E-state index >= 15 is 0 Å². The highest BCUT2D eigenvalue weighted by Gasteiger charge is 2.29. The summed E-state index contributed by atoms with van der Waals surface area (Å²) in [4.78, 5) is 12.4. The van der Waals surface area contributed by atoms with E-state index in [1.807, 2.05) is 0 Å². The fourth-order valence-electron chi connectivity index (χ4n) is 2.95. The number of nitrogens with zero attached hydrogens (tertiary/aromatic N) is 1. The van der Waals surface area contributed by atoms with Crippen molar-refractivity contribution in [3.8, 4) is 0 Å². The molecule has 0 atom stereocenters. The SMILES string of the molecule is O=C(Nc1ccc(Cl)c(S(=O)(=O)N2CCOCC2)c1)c1ccc(COCC(F)(F)F)cc1. The summed E-state index contributed by atoms with van der Waals surface area (Å²) in [5, 5.41) is 2.62. The predicted octanol–water partition coefficient (Wildman–Crippen LogP) is 3.69. The quantitative estimate of drug-likeness (QED) is 0.637. The van der Waals surface area contributed by atoms with Gasteiger partial charge in [-0.3, -0.25) is 4.79 Å². The molecule has 0 unspecified atom stereocenters. The maximum Gasteiger partial charge on any atom is 0.411 e.